The second-order valence-electron chi connectivity index (χ2n) is 3.52. The Balaban J connectivity index is 1.89. The first-order chi connectivity index (χ1) is 8.78. The second kappa shape index (κ2) is 5.72. The number of oxazole rings is 1. The summed E-state index contributed by atoms with van der Waals surface area (Å²) in [7, 11) is 1.32. The molecule has 1 heterocycles. The van der Waals surface area contributed by atoms with Crippen LogP contribution in [0.15, 0.2) is 41.3 Å². The van der Waals surface area contributed by atoms with Crippen LogP contribution in [-0.4, -0.2) is 18.2 Å². The molecule has 18 heavy (non-hydrogen) atoms. The summed E-state index contributed by atoms with van der Waals surface area (Å²) in [6, 6.07) is 7.25. The van der Waals surface area contributed by atoms with E-state index < -0.39 is 6.09 Å². The first kappa shape index (κ1) is 12.0. The van der Waals surface area contributed by atoms with Crippen molar-refractivity contribution in [3.63, 3.8) is 0 Å². The van der Waals surface area contributed by atoms with Crippen molar-refractivity contribution in [3.8, 4) is 0 Å². The number of benzene rings is 1. The lowest BCUT2D eigenvalue weighted by molar-refractivity contribution is 0.187. The first-order valence-electron chi connectivity index (χ1n) is 5.34. The third kappa shape index (κ3) is 3.24. The van der Waals surface area contributed by atoms with Crippen LogP contribution in [0.3, 0.4) is 0 Å². The molecule has 0 fully saturated rings. The monoisotopic (exact) mass is 247 g/mol. The van der Waals surface area contributed by atoms with E-state index in [0.717, 1.165) is 11.4 Å². The highest BCUT2D eigenvalue weighted by Gasteiger charge is 2.01. The molecule has 6 nitrogen and oxygen atoms in total. The van der Waals surface area contributed by atoms with Gasteiger partial charge in [-0.3, -0.25) is 5.32 Å². The number of methoxy groups -OCH3 is 1. The third-order valence-corrected chi connectivity index (χ3v) is 2.27. The Morgan fingerprint density at radius 3 is 2.67 bits per heavy atom. The molecule has 0 bridgehead atoms. The van der Waals surface area contributed by atoms with Gasteiger partial charge < -0.3 is 14.5 Å². The molecule has 0 saturated carbocycles. The summed E-state index contributed by atoms with van der Waals surface area (Å²) >= 11 is 0. The van der Waals surface area contributed by atoms with E-state index in [-0.39, 0.29) is 0 Å². The van der Waals surface area contributed by atoms with Crippen LogP contribution in [0, 0.1) is 0 Å². The number of hydrogen-bond donors (Lipinski definition) is 2. The quantitative estimate of drug-likeness (QED) is 0.867. The van der Waals surface area contributed by atoms with E-state index in [1.165, 1.54) is 13.5 Å². The SMILES string of the molecule is COC(=O)Nc1ccc(NCc2cnco2)cc1. The van der Waals surface area contributed by atoms with Crippen LogP contribution >= 0.6 is 0 Å². The van der Waals surface area contributed by atoms with Gasteiger partial charge in [-0.1, -0.05) is 0 Å². The van der Waals surface area contributed by atoms with Crippen molar-refractivity contribution in [1.29, 1.82) is 0 Å². The number of nitrogens with one attached hydrogen (secondary N) is 2. The summed E-state index contributed by atoms with van der Waals surface area (Å²) in [5.41, 5.74) is 1.59. The average molecular weight is 247 g/mol. The number of amides is 1. The lowest BCUT2D eigenvalue weighted by Crippen LogP contribution is -2.10. The number of hydrogen-bond acceptors (Lipinski definition) is 5. The maximum Gasteiger partial charge on any atom is 0.411 e. The second-order valence-corrected chi connectivity index (χ2v) is 3.52. The number of nitrogens with zero attached hydrogens (tertiary/aromatic N) is 1. The van der Waals surface area contributed by atoms with E-state index in [1.54, 1.807) is 18.3 Å². The van der Waals surface area contributed by atoms with Gasteiger partial charge >= 0.3 is 6.09 Å². The number of anilines is 2. The fourth-order valence-corrected chi connectivity index (χ4v) is 1.36. The predicted molar refractivity (Wildman–Crippen MR) is 66.3 cm³/mol. The normalized spacial score (nSPS) is 9.83. The highest BCUT2D eigenvalue weighted by molar-refractivity contribution is 5.84. The van der Waals surface area contributed by atoms with Crippen LogP contribution in [-0.2, 0) is 11.3 Å². The molecule has 2 rings (SSSR count). The molecule has 0 saturated heterocycles. The van der Waals surface area contributed by atoms with Gasteiger partial charge in [0, 0.05) is 11.4 Å². The Morgan fingerprint density at radius 1 is 1.33 bits per heavy atom. The Kier molecular flexibility index (Phi) is 3.80. The van der Waals surface area contributed by atoms with Crippen molar-refractivity contribution in [1.82, 2.24) is 4.98 Å². The number of rotatable bonds is 4. The van der Waals surface area contributed by atoms with E-state index in [1.807, 2.05) is 12.1 Å². The van der Waals surface area contributed by atoms with Crippen molar-refractivity contribution in [2.75, 3.05) is 17.7 Å². The summed E-state index contributed by atoms with van der Waals surface area (Å²) in [4.78, 5) is 14.8. The van der Waals surface area contributed by atoms with Gasteiger partial charge in [-0.2, -0.15) is 0 Å². The molecule has 6 heteroatoms. The fourth-order valence-electron chi connectivity index (χ4n) is 1.36. The molecule has 2 aromatic rings. The third-order valence-electron chi connectivity index (χ3n) is 2.27. The van der Waals surface area contributed by atoms with E-state index in [2.05, 4.69) is 20.4 Å². The van der Waals surface area contributed by atoms with Crippen LogP contribution < -0.4 is 10.6 Å². The largest absolute Gasteiger partial charge is 0.453 e. The highest BCUT2D eigenvalue weighted by Crippen LogP contribution is 2.14. The van der Waals surface area contributed by atoms with Crippen LogP contribution in [0.1, 0.15) is 5.76 Å². The molecular weight excluding hydrogens is 234 g/mol. The summed E-state index contributed by atoms with van der Waals surface area (Å²) < 4.78 is 9.59. The number of ether oxygens (including phenoxy) is 1. The van der Waals surface area contributed by atoms with Crippen LogP contribution in [0.4, 0.5) is 16.2 Å². The molecule has 0 aliphatic heterocycles. The van der Waals surface area contributed by atoms with E-state index in [0.29, 0.717) is 12.2 Å². The first-order valence-corrected chi connectivity index (χ1v) is 5.34. The minimum atomic E-state index is -0.489. The van der Waals surface area contributed by atoms with Crippen molar-refractivity contribution in [2.24, 2.45) is 0 Å². The summed E-state index contributed by atoms with van der Waals surface area (Å²) in [5.74, 6) is 0.756. The Hall–Kier alpha value is -2.50. The molecular formula is C12H13N3O3. The van der Waals surface area contributed by atoms with Gasteiger partial charge in [-0.05, 0) is 24.3 Å². The van der Waals surface area contributed by atoms with Crippen molar-refractivity contribution >= 4 is 17.5 Å². The zero-order valence-corrected chi connectivity index (χ0v) is 9.84. The average Bonchev–Trinajstić information content (AvgIpc) is 2.91. The zero-order chi connectivity index (χ0) is 12.8. The van der Waals surface area contributed by atoms with E-state index in [9.17, 15) is 4.79 Å². The molecule has 0 radical (unpaired) electrons. The highest BCUT2D eigenvalue weighted by atomic mass is 16.5. The van der Waals surface area contributed by atoms with Crippen LogP contribution in [0.25, 0.3) is 0 Å². The maximum absolute atomic E-state index is 11.0. The molecule has 1 aromatic heterocycles. The predicted octanol–water partition coefficient (Wildman–Crippen LogP) is 2.47. The topological polar surface area (TPSA) is 76.4 Å². The molecule has 0 spiro atoms. The molecule has 0 aliphatic carbocycles. The molecule has 1 aromatic carbocycles. The lowest BCUT2D eigenvalue weighted by atomic mass is 10.3. The van der Waals surface area contributed by atoms with Gasteiger partial charge in [-0.25, -0.2) is 9.78 Å². The Bertz CT molecular complexity index is 494. The van der Waals surface area contributed by atoms with E-state index in [4.69, 9.17) is 4.42 Å². The van der Waals surface area contributed by atoms with Gasteiger partial charge in [0.2, 0.25) is 0 Å². The zero-order valence-electron chi connectivity index (χ0n) is 9.84. The number of carbonyl (C=O) groups excluding carboxylic acids is 1. The Morgan fingerprint density at radius 2 is 2.06 bits per heavy atom. The van der Waals surface area contributed by atoms with Gasteiger partial charge in [-0.15, -0.1) is 0 Å². The van der Waals surface area contributed by atoms with Crippen LogP contribution in [0.5, 0.6) is 0 Å². The summed E-state index contributed by atoms with van der Waals surface area (Å²) in [6.45, 7) is 0.559. The molecule has 1 amide bonds. The smallest absolute Gasteiger partial charge is 0.411 e. The minimum absolute atomic E-state index is 0.489. The summed E-state index contributed by atoms with van der Waals surface area (Å²) in [6.07, 6.45) is 2.55. The van der Waals surface area contributed by atoms with Gasteiger partial charge in [0.05, 0.1) is 19.9 Å². The fraction of sp³-hybridized carbons (Fsp3) is 0.167. The maximum atomic E-state index is 11.0. The van der Waals surface area contributed by atoms with Crippen molar-refractivity contribution < 1.29 is 13.9 Å². The number of carbonyl (C=O) groups is 1. The Labute approximate surface area is 104 Å². The standard InChI is InChI=1S/C12H13N3O3/c1-17-12(16)15-10-4-2-9(3-5-10)14-7-11-6-13-8-18-11/h2-6,8,14H,7H2,1H3,(H,15,16). The lowest BCUT2D eigenvalue weighted by Gasteiger charge is -2.06. The van der Waals surface area contributed by atoms with E-state index >= 15 is 0 Å². The molecule has 0 unspecified atom stereocenters. The minimum Gasteiger partial charge on any atom is -0.453 e. The molecule has 0 aliphatic rings. The van der Waals surface area contributed by atoms with Crippen molar-refractivity contribution in [3.05, 3.63) is 42.6 Å². The summed E-state index contributed by atoms with van der Waals surface area (Å²) in [5, 5.41) is 5.73. The van der Waals surface area contributed by atoms with Gasteiger partial charge in [0.15, 0.2) is 6.39 Å². The molecule has 94 valence electrons. The van der Waals surface area contributed by atoms with Crippen molar-refractivity contribution in [2.45, 2.75) is 6.54 Å². The van der Waals surface area contributed by atoms with Gasteiger partial charge in [0.25, 0.3) is 0 Å². The molecule has 0 atom stereocenters. The van der Waals surface area contributed by atoms with Crippen LogP contribution in [0.2, 0.25) is 0 Å². The van der Waals surface area contributed by atoms with Gasteiger partial charge in [0.1, 0.15) is 5.76 Å². The number of aromatic nitrogens is 1. The molecule has 2 N–H and O–H groups in total.